The smallest absolute Gasteiger partial charge is 0.124 e. The third-order valence-electron chi connectivity index (χ3n) is 4.00. The summed E-state index contributed by atoms with van der Waals surface area (Å²) in [5, 5.41) is 0. The molecule has 0 aromatic heterocycles. The van der Waals surface area contributed by atoms with Crippen LogP contribution in [0.4, 0.5) is 0 Å². The summed E-state index contributed by atoms with van der Waals surface area (Å²) in [6.45, 7) is 2.10. The molecule has 2 nitrogen and oxygen atoms in total. The van der Waals surface area contributed by atoms with Crippen molar-refractivity contribution in [3.8, 4) is 5.75 Å². The summed E-state index contributed by atoms with van der Waals surface area (Å²) in [7, 11) is 0. The van der Waals surface area contributed by atoms with Crippen LogP contribution < -0.4 is 10.5 Å². The van der Waals surface area contributed by atoms with Crippen LogP contribution in [0.5, 0.6) is 5.75 Å². The van der Waals surface area contributed by atoms with E-state index >= 15 is 0 Å². The average molecular weight is 217 g/mol. The molecule has 1 spiro atoms. The molecule has 1 heterocycles. The van der Waals surface area contributed by atoms with Crippen LogP contribution in [0, 0.1) is 6.92 Å². The zero-order valence-electron chi connectivity index (χ0n) is 9.83. The van der Waals surface area contributed by atoms with Gasteiger partial charge < -0.3 is 10.5 Å². The van der Waals surface area contributed by atoms with Crippen LogP contribution in [0.2, 0.25) is 0 Å². The lowest BCUT2D eigenvalue weighted by atomic mass is 9.86. The van der Waals surface area contributed by atoms with E-state index in [1.54, 1.807) is 0 Å². The second-order valence-corrected chi connectivity index (χ2v) is 5.34. The molecule has 0 saturated heterocycles. The van der Waals surface area contributed by atoms with Gasteiger partial charge in [0.25, 0.3) is 0 Å². The molecule has 3 rings (SSSR count). The quantitative estimate of drug-likeness (QED) is 0.724. The van der Waals surface area contributed by atoms with Gasteiger partial charge in [0, 0.05) is 18.0 Å². The minimum Gasteiger partial charge on any atom is -0.487 e. The molecule has 1 atom stereocenters. The first-order valence-corrected chi connectivity index (χ1v) is 6.24. The topological polar surface area (TPSA) is 35.2 Å². The van der Waals surface area contributed by atoms with E-state index in [1.165, 1.54) is 36.8 Å². The highest BCUT2D eigenvalue weighted by Crippen LogP contribution is 2.46. The Morgan fingerprint density at radius 3 is 2.81 bits per heavy atom. The van der Waals surface area contributed by atoms with Crippen molar-refractivity contribution in [3.63, 3.8) is 0 Å². The van der Waals surface area contributed by atoms with E-state index in [1.807, 2.05) is 0 Å². The van der Waals surface area contributed by atoms with Gasteiger partial charge in [-0.05, 0) is 38.7 Å². The van der Waals surface area contributed by atoms with Crippen LogP contribution in [0.1, 0.15) is 49.3 Å². The third kappa shape index (κ3) is 1.52. The van der Waals surface area contributed by atoms with Crippen molar-refractivity contribution < 1.29 is 4.74 Å². The van der Waals surface area contributed by atoms with Gasteiger partial charge in [-0.25, -0.2) is 0 Å². The number of aryl methyl sites for hydroxylation is 1. The van der Waals surface area contributed by atoms with Crippen molar-refractivity contribution in [3.05, 3.63) is 29.3 Å². The summed E-state index contributed by atoms with van der Waals surface area (Å²) in [6.07, 6.45) is 5.91. The molecular formula is C14H19NO. The highest BCUT2D eigenvalue weighted by Gasteiger charge is 2.41. The van der Waals surface area contributed by atoms with Gasteiger partial charge in [-0.15, -0.1) is 0 Å². The molecule has 1 aliphatic carbocycles. The SMILES string of the molecule is Cc1ccc2c(c1)C(N)CC1(CCCC1)O2. The van der Waals surface area contributed by atoms with E-state index in [0.717, 1.165) is 12.2 Å². The van der Waals surface area contributed by atoms with Crippen LogP contribution >= 0.6 is 0 Å². The molecule has 2 N–H and O–H groups in total. The third-order valence-corrected chi connectivity index (χ3v) is 4.00. The van der Waals surface area contributed by atoms with E-state index in [2.05, 4.69) is 25.1 Å². The maximum Gasteiger partial charge on any atom is 0.124 e. The van der Waals surface area contributed by atoms with E-state index < -0.39 is 0 Å². The second kappa shape index (κ2) is 3.49. The molecule has 1 aliphatic heterocycles. The summed E-state index contributed by atoms with van der Waals surface area (Å²) < 4.78 is 6.23. The highest BCUT2D eigenvalue weighted by atomic mass is 16.5. The molecule has 2 heteroatoms. The second-order valence-electron chi connectivity index (χ2n) is 5.34. The first-order chi connectivity index (χ1) is 7.69. The number of rotatable bonds is 0. The molecular weight excluding hydrogens is 198 g/mol. The monoisotopic (exact) mass is 217 g/mol. The maximum absolute atomic E-state index is 6.29. The molecule has 1 saturated carbocycles. The van der Waals surface area contributed by atoms with E-state index in [-0.39, 0.29) is 11.6 Å². The zero-order chi connectivity index (χ0) is 11.2. The Kier molecular flexibility index (Phi) is 2.21. The minimum atomic E-state index is 0.0572. The van der Waals surface area contributed by atoms with Crippen molar-refractivity contribution in [2.24, 2.45) is 5.73 Å². The van der Waals surface area contributed by atoms with E-state index in [9.17, 15) is 0 Å². The van der Waals surface area contributed by atoms with Crippen LogP contribution in [0.25, 0.3) is 0 Å². The number of ether oxygens (including phenoxy) is 1. The van der Waals surface area contributed by atoms with E-state index in [4.69, 9.17) is 10.5 Å². The normalized spacial score (nSPS) is 26.5. The Hall–Kier alpha value is -1.02. The number of fused-ring (bicyclic) bond motifs is 1. The van der Waals surface area contributed by atoms with Gasteiger partial charge >= 0.3 is 0 Å². The molecule has 0 radical (unpaired) electrons. The lowest BCUT2D eigenvalue weighted by Crippen LogP contribution is -2.40. The molecule has 1 unspecified atom stereocenters. The maximum atomic E-state index is 6.29. The summed E-state index contributed by atoms with van der Waals surface area (Å²) in [5.41, 5.74) is 8.80. The van der Waals surface area contributed by atoms with Crippen LogP contribution in [0.15, 0.2) is 18.2 Å². The standard InChI is InChI=1S/C14H19NO/c1-10-4-5-13-11(8-10)12(15)9-14(16-13)6-2-3-7-14/h4-5,8,12H,2-3,6-7,9,15H2,1H3. The van der Waals surface area contributed by atoms with E-state index in [0.29, 0.717) is 0 Å². The van der Waals surface area contributed by atoms with Crippen molar-refractivity contribution in [2.45, 2.75) is 50.7 Å². The molecule has 0 bridgehead atoms. The fraction of sp³-hybridized carbons (Fsp3) is 0.571. The summed E-state index contributed by atoms with van der Waals surface area (Å²) >= 11 is 0. The fourth-order valence-electron chi connectivity index (χ4n) is 3.16. The fourth-order valence-corrected chi connectivity index (χ4v) is 3.16. The predicted molar refractivity (Wildman–Crippen MR) is 64.6 cm³/mol. The van der Waals surface area contributed by atoms with Gasteiger partial charge in [-0.3, -0.25) is 0 Å². The Morgan fingerprint density at radius 2 is 2.06 bits per heavy atom. The van der Waals surface area contributed by atoms with Gasteiger partial charge in [0.05, 0.1) is 0 Å². The molecule has 86 valence electrons. The van der Waals surface area contributed by atoms with Gasteiger partial charge in [-0.2, -0.15) is 0 Å². The van der Waals surface area contributed by atoms with Crippen LogP contribution in [-0.4, -0.2) is 5.60 Å². The highest BCUT2D eigenvalue weighted by molar-refractivity contribution is 5.41. The molecule has 0 amide bonds. The summed E-state index contributed by atoms with van der Waals surface area (Å²) in [5.74, 6) is 1.02. The van der Waals surface area contributed by atoms with Crippen LogP contribution in [-0.2, 0) is 0 Å². The Balaban J connectivity index is 1.99. The lowest BCUT2D eigenvalue weighted by molar-refractivity contribution is 0.0426. The van der Waals surface area contributed by atoms with Gasteiger partial charge in [-0.1, -0.05) is 17.7 Å². The predicted octanol–water partition coefficient (Wildman–Crippen LogP) is 3.09. The van der Waals surface area contributed by atoms with Crippen molar-refractivity contribution in [1.82, 2.24) is 0 Å². The number of nitrogens with two attached hydrogens (primary N) is 1. The largest absolute Gasteiger partial charge is 0.487 e. The molecule has 2 aliphatic rings. The molecule has 1 aromatic rings. The van der Waals surface area contributed by atoms with Gasteiger partial charge in [0.1, 0.15) is 11.4 Å². The Bertz CT molecular complexity index is 407. The van der Waals surface area contributed by atoms with Gasteiger partial charge in [0.15, 0.2) is 0 Å². The first-order valence-electron chi connectivity index (χ1n) is 6.24. The van der Waals surface area contributed by atoms with Gasteiger partial charge in [0.2, 0.25) is 0 Å². The van der Waals surface area contributed by atoms with Crippen molar-refractivity contribution in [1.29, 1.82) is 0 Å². The molecule has 1 fully saturated rings. The number of hydrogen-bond acceptors (Lipinski definition) is 2. The number of benzene rings is 1. The molecule has 1 aromatic carbocycles. The van der Waals surface area contributed by atoms with Crippen molar-refractivity contribution in [2.75, 3.05) is 0 Å². The lowest BCUT2D eigenvalue weighted by Gasteiger charge is -2.38. The Labute approximate surface area is 96.8 Å². The minimum absolute atomic E-state index is 0.0572. The first kappa shape index (κ1) is 10.2. The Morgan fingerprint density at radius 1 is 1.31 bits per heavy atom. The summed E-state index contributed by atoms with van der Waals surface area (Å²) in [4.78, 5) is 0. The molecule has 16 heavy (non-hydrogen) atoms. The number of hydrogen-bond donors (Lipinski definition) is 1. The average Bonchev–Trinajstić information content (AvgIpc) is 2.68. The summed E-state index contributed by atoms with van der Waals surface area (Å²) in [6, 6.07) is 6.52. The van der Waals surface area contributed by atoms with Crippen molar-refractivity contribution >= 4 is 0 Å². The zero-order valence-corrected chi connectivity index (χ0v) is 9.83. The van der Waals surface area contributed by atoms with Crippen LogP contribution in [0.3, 0.4) is 0 Å².